The van der Waals surface area contributed by atoms with Gasteiger partial charge < -0.3 is 0 Å². The van der Waals surface area contributed by atoms with Crippen molar-refractivity contribution in [2.24, 2.45) is 0 Å². The lowest BCUT2D eigenvalue weighted by atomic mass is 10.2. The van der Waals surface area contributed by atoms with Crippen LogP contribution in [0, 0.1) is 6.92 Å². The Morgan fingerprint density at radius 1 is 0.933 bits per heavy atom. The van der Waals surface area contributed by atoms with E-state index in [1.54, 1.807) is 21.6 Å². The first-order chi connectivity index (χ1) is 7.34. The molecule has 76 valence electrons. The molecule has 1 aromatic carbocycles. The van der Waals surface area contributed by atoms with E-state index >= 15 is 0 Å². The van der Waals surface area contributed by atoms with E-state index in [1.807, 2.05) is 24.5 Å². The molecule has 1 nitrogen and oxygen atoms in total. The molecule has 0 saturated heterocycles. The van der Waals surface area contributed by atoms with Gasteiger partial charge in [0.15, 0.2) is 0 Å². The molecule has 1 aromatic heterocycles. The molecule has 0 aliphatic rings. The third kappa shape index (κ3) is 3.29. The van der Waals surface area contributed by atoms with Crippen LogP contribution in [0.2, 0.25) is 0 Å². The molecule has 0 radical (unpaired) electrons. The van der Waals surface area contributed by atoms with E-state index in [0.717, 1.165) is 0 Å². The van der Waals surface area contributed by atoms with Gasteiger partial charge in [-0.25, -0.2) is 0 Å². The highest BCUT2D eigenvalue weighted by molar-refractivity contribution is 8.76. The number of aryl methyl sites for hydroxylation is 1. The molecule has 0 amide bonds. The summed E-state index contributed by atoms with van der Waals surface area (Å²) in [6.45, 7) is 2.11. The molecule has 15 heavy (non-hydrogen) atoms. The molecule has 3 heteroatoms. The van der Waals surface area contributed by atoms with Gasteiger partial charge in [0.05, 0.1) is 0 Å². The molecule has 0 atom stereocenters. The number of aromatic nitrogens is 1. The summed E-state index contributed by atoms with van der Waals surface area (Å²) in [5.41, 5.74) is 1.30. The molecule has 0 aliphatic carbocycles. The molecule has 1 heterocycles. The minimum Gasteiger partial charge on any atom is -0.265 e. The highest BCUT2D eigenvalue weighted by atomic mass is 33.1. The van der Waals surface area contributed by atoms with Crippen LogP contribution in [0.5, 0.6) is 0 Å². The Morgan fingerprint density at radius 2 is 1.67 bits per heavy atom. The van der Waals surface area contributed by atoms with Crippen LogP contribution >= 0.6 is 21.6 Å². The van der Waals surface area contributed by atoms with Gasteiger partial charge in [0.25, 0.3) is 0 Å². The zero-order chi connectivity index (χ0) is 10.5. The van der Waals surface area contributed by atoms with Gasteiger partial charge in [-0.05, 0) is 36.8 Å². The van der Waals surface area contributed by atoms with Crippen LogP contribution in [0.1, 0.15) is 5.56 Å². The summed E-state index contributed by atoms with van der Waals surface area (Å²) in [6, 6.07) is 12.6. The average Bonchev–Trinajstić information content (AvgIpc) is 2.28. The maximum absolute atomic E-state index is 3.99. The maximum atomic E-state index is 3.99. The first kappa shape index (κ1) is 10.6. The summed E-state index contributed by atoms with van der Waals surface area (Å²) < 4.78 is 0. The van der Waals surface area contributed by atoms with Crippen LogP contribution in [0.3, 0.4) is 0 Å². The lowest BCUT2D eigenvalue weighted by molar-refractivity contribution is 1.27. The topological polar surface area (TPSA) is 12.9 Å². The second-order valence-electron chi connectivity index (χ2n) is 3.17. The predicted molar refractivity (Wildman–Crippen MR) is 67.1 cm³/mol. The molecule has 0 bridgehead atoms. The Kier molecular flexibility index (Phi) is 3.69. The van der Waals surface area contributed by atoms with E-state index in [0.29, 0.717) is 0 Å². The fraction of sp³-hybridized carbons (Fsp3) is 0.0833. The largest absolute Gasteiger partial charge is 0.265 e. The van der Waals surface area contributed by atoms with Gasteiger partial charge in [0.2, 0.25) is 0 Å². The lowest BCUT2D eigenvalue weighted by Gasteiger charge is -2.01. The van der Waals surface area contributed by atoms with Crippen LogP contribution in [-0.4, -0.2) is 4.98 Å². The smallest absolute Gasteiger partial charge is 0.0279 e. The van der Waals surface area contributed by atoms with E-state index in [9.17, 15) is 0 Å². The second kappa shape index (κ2) is 5.24. The quantitative estimate of drug-likeness (QED) is 0.738. The van der Waals surface area contributed by atoms with Gasteiger partial charge in [0.1, 0.15) is 0 Å². The monoisotopic (exact) mass is 233 g/mol. The number of hydrogen-bond acceptors (Lipinski definition) is 3. The van der Waals surface area contributed by atoms with E-state index in [-0.39, 0.29) is 0 Å². The van der Waals surface area contributed by atoms with E-state index in [4.69, 9.17) is 0 Å². The van der Waals surface area contributed by atoms with Crippen LogP contribution in [0.15, 0.2) is 58.6 Å². The van der Waals surface area contributed by atoms with Gasteiger partial charge in [-0.15, -0.1) is 0 Å². The molecule has 0 spiro atoms. The average molecular weight is 233 g/mol. The first-order valence-electron chi connectivity index (χ1n) is 4.66. The third-order valence-corrected chi connectivity index (χ3v) is 4.27. The van der Waals surface area contributed by atoms with E-state index < -0.39 is 0 Å². The van der Waals surface area contributed by atoms with E-state index in [1.165, 1.54) is 15.4 Å². The summed E-state index contributed by atoms with van der Waals surface area (Å²) in [5, 5.41) is 0. The van der Waals surface area contributed by atoms with Crippen molar-refractivity contribution in [1.29, 1.82) is 0 Å². The van der Waals surface area contributed by atoms with Gasteiger partial charge >= 0.3 is 0 Å². The second-order valence-corrected chi connectivity index (χ2v) is 5.44. The van der Waals surface area contributed by atoms with Crippen molar-refractivity contribution in [3.8, 4) is 0 Å². The Bertz CT molecular complexity index is 429. The normalized spacial score (nSPS) is 10.2. The summed E-state index contributed by atoms with van der Waals surface area (Å²) in [5.74, 6) is 0. The van der Waals surface area contributed by atoms with Gasteiger partial charge in [0, 0.05) is 22.2 Å². The number of pyridine rings is 1. The minimum absolute atomic E-state index is 1.23. The molecule has 0 saturated carbocycles. The Labute approximate surface area is 97.7 Å². The van der Waals surface area contributed by atoms with Crippen molar-refractivity contribution in [2.45, 2.75) is 16.7 Å². The Morgan fingerprint density at radius 3 is 2.40 bits per heavy atom. The predicted octanol–water partition coefficient (Wildman–Crippen LogP) is 4.19. The number of benzene rings is 1. The molecule has 0 fully saturated rings. The summed E-state index contributed by atoms with van der Waals surface area (Å²) in [6.07, 6.45) is 3.64. The summed E-state index contributed by atoms with van der Waals surface area (Å²) >= 11 is 0. The number of nitrogens with zero attached hydrogens (tertiary/aromatic N) is 1. The van der Waals surface area contributed by atoms with Crippen molar-refractivity contribution >= 4 is 21.6 Å². The zero-order valence-electron chi connectivity index (χ0n) is 8.38. The zero-order valence-corrected chi connectivity index (χ0v) is 10.0. The molecule has 0 unspecified atom stereocenters. The molecule has 2 aromatic rings. The standard InChI is InChI=1S/C12H11NS2/c1-10-3-2-4-12(9-10)15-14-11-5-7-13-8-6-11/h2-9H,1H3. The lowest BCUT2D eigenvalue weighted by Crippen LogP contribution is -1.73. The van der Waals surface area contributed by atoms with Crippen molar-refractivity contribution in [2.75, 3.05) is 0 Å². The van der Waals surface area contributed by atoms with Crippen molar-refractivity contribution in [3.05, 3.63) is 54.4 Å². The van der Waals surface area contributed by atoms with Crippen LogP contribution < -0.4 is 0 Å². The highest BCUT2D eigenvalue weighted by Gasteiger charge is 1.96. The molecule has 2 rings (SSSR count). The molecule has 0 aliphatic heterocycles. The van der Waals surface area contributed by atoms with Gasteiger partial charge in [-0.1, -0.05) is 33.7 Å². The van der Waals surface area contributed by atoms with Gasteiger partial charge in [-0.3, -0.25) is 4.98 Å². The number of rotatable bonds is 3. The van der Waals surface area contributed by atoms with Crippen molar-refractivity contribution in [3.63, 3.8) is 0 Å². The fourth-order valence-electron chi connectivity index (χ4n) is 1.16. The van der Waals surface area contributed by atoms with E-state index in [2.05, 4.69) is 36.2 Å². The Hall–Kier alpha value is -0.930. The highest BCUT2D eigenvalue weighted by Crippen LogP contribution is 2.36. The molecule has 0 N–H and O–H groups in total. The first-order valence-corrected chi connectivity index (χ1v) is 6.81. The maximum Gasteiger partial charge on any atom is 0.0279 e. The molecular weight excluding hydrogens is 222 g/mol. The summed E-state index contributed by atoms with van der Waals surface area (Å²) in [4.78, 5) is 6.51. The van der Waals surface area contributed by atoms with Crippen molar-refractivity contribution < 1.29 is 0 Å². The van der Waals surface area contributed by atoms with Crippen LogP contribution in [-0.2, 0) is 0 Å². The molecular formula is C12H11NS2. The van der Waals surface area contributed by atoms with Gasteiger partial charge in [-0.2, -0.15) is 0 Å². The SMILES string of the molecule is Cc1cccc(SSc2ccncc2)c1. The van der Waals surface area contributed by atoms with Crippen LogP contribution in [0.4, 0.5) is 0 Å². The minimum atomic E-state index is 1.23. The fourth-order valence-corrected chi connectivity index (χ4v) is 3.17. The number of hydrogen-bond donors (Lipinski definition) is 0. The van der Waals surface area contributed by atoms with Crippen molar-refractivity contribution in [1.82, 2.24) is 4.98 Å². The Balaban J connectivity index is 1.99. The summed E-state index contributed by atoms with van der Waals surface area (Å²) in [7, 11) is 3.54. The third-order valence-electron chi connectivity index (χ3n) is 1.87. The van der Waals surface area contributed by atoms with Crippen LogP contribution in [0.25, 0.3) is 0 Å².